The fourth-order valence-corrected chi connectivity index (χ4v) is 1.08. The molecule has 0 spiro atoms. The van der Waals surface area contributed by atoms with Gasteiger partial charge in [-0.2, -0.15) is 0 Å². The highest BCUT2D eigenvalue weighted by Gasteiger charge is 2.09. The van der Waals surface area contributed by atoms with Crippen LogP contribution in [0.2, 0.25) is 0 Å². The lowest BCUT2D eigenvalue weighted by Gasteiger charge is -2.19. The molecule has 12 heavy (non-hydrogen) atoms. The predicted molar refractivity (Wildman–Crippen MR) is 48.9 cm³/mol. The van der Waals surface area contributed by atoms with Crippen molar-refractivity contribution in [2.75, 3.05) is 19.8 Å². The average molecular weight is 168 g/mol. The van der Waals surface area contributed by atoms with Crippen LogP contribution in [0.4, 0.5) is 0 Å². The first-order chi connectivity index (χ1) is 5.75. The quantitative estimate of drug-likeness (QED) is 0.598. The minimum Gasteiger partial charge on any atom is -0.493 e. The Morgan fingerprint density at radius 1 is 1.33 bits per heavy atom. The van der Waals surface area contributed by atoms with Gasteiger partial charge in [0.1, 0.15) is 19.0 Å². The smallest absolute Gasteiger partial charge is 0.125 e. The fraction of sp³-hybridized carbons (Fsp3) is 0.600. The molecule has 0 aromatic rings. The predicted octanol–water partition coefficient (Wildman–Crippen LogP) is 2.27. The first-order valence-electron chi connectivity index (χ1n) is 4.29. The molecule has 0 radical (unpaired) electrons. The summed E-state index contributed by atoms with van der Waals surface area (Å²) in [5.74, 6) is 0.983. The molecule has 1 saturated heterocycles. The van der Waals surface area contributed by atoms with Gasteiger partial charge in [-0.05, 0) is 31.9 Å². The molecule has 1 aliphatic heterocycles. The molecule has 0 aromatic carbocycles. The zero-order valence-electron chi connectivity index (χ0n) is 8.02. The molecule has 2 nitrogen and oxygen atoms in total. The Balaban J connectivity index is 2.73. The van der Waals surface area contributed by atoms with Crippen LogP contribution in [-0.4, -0.2) is 19.8 Å². The number of allylic oxidation sites excluding steroid dienone is 3. The molecule has 0 N–H and O–H groups in total. The Bertz CT molecular complexity index is 206. The Kier molecular flexibility index (Phi) is 3.35. The topological polar surface area (TPSA) is 18.5 Å². The molecule has 0 amide bonds. The van der Waals surface area contributed by atoms with E-state index in [1.807, 2.05) is 6.92 Å². The van der Waals surface area contributed by atoms with Gasteiger partial charge in [-0.15, -0.1) is 0 Å². The highest BCUT2D eigenvalue weighted by atomic mass is 16.6. The summed E-state index contributed by atoms with van der Waals surface area (Å²) in [5, 5.41) is 0. The second-order valence-electron chi connectivity index (χ2n) is 2.92. The molecule has 0 aliphatic carbocycles. The minimum atomic E-state index is 0.622. The molecule has 2 heteroatoms. The zero-order valence-corrected chi connectivity index (χ0v) is 8.02. The third kappa shape index (κ3) is 2.11. The largest absolute Gasteiger partial charge is 0.493 e. The molecule has 0 unspecified atom stereocenters. The van der Waals surface area contributed by atoms with Gasteiger partial charge in [0.2, 0.25) is 0 Å². The van der Waals surface area contributed by atoms with E-state index in [1.54, 1.807) is 0 Å². The fourth-order valence-electron chi connectivity index (χ4n) is 1.08. The van der Waals surface area contributed by atoms with Crippen molar-refractivity contribution in [3.8, 4) is 0 Å². The Morgan fingerprint density at radius 3 is 2.58 bits per heavy atom. The SMILES string of the molecule is C/C=C(C)\C(C)=C1/COCCO1. The van der Waals surface area contributed by atoms with Crippen molar-refractivity contribution in [1.29, 1.82) is 0 Å². The Morgan fingerprint density at radius 2 is 2.08 bits per heavy atom. The maximum Gasteiger partial charge on any atom is 0.125 e. The van der Waals surface area contributed by atoms with Gasteiger partial charge in [0.15, 0.2) is 0 Å². The first kappa shape index (κ1) is 9.33. The molecule has 0 saturated carbocycles. The van der Waals surface area contributed by atoms with Crippen LogP contribution >= 0.6 is 0 Å². The maximum atomic E-state index is 5.48. The molecular weight excluding hydrogens is 152 g/mol. The minimum absolute atomic E-state index is 0.622. The lowest BCUT2D eigenvalue weighted by atomic mass is 10.1. The molecular formula is C10H16O2. The standard InChI is InChI=1S/C10H16O2/c1-4-8(2)9(3)10-7-11-5-6-12-10/h4H,5-7H2,1-3H3/b8-4-,10-9+. The van der Waals surface area contributed by atoms with Gasteiger partial charge in [0.25, 0.3) is 0 Å². The van der Waals surface area contributed by atoms with Crippen molar-refractivity contribution in [3.05, 3.63) is 23.0 Å². The monoisotopic (exact) mass is 168 g/mol. The lowest BCUT2D eigenvalue weighted by Crippen LogP contribution is -2.16. The van der Waals surface area contributed by atoms with E-state index in [4.69, 9.17) is 9.47 Å². The van der Waals surface area contributed by atoms with Crippen molar-refractivity contribution in [2.24, 2.45) is 0 Å². The molecule has 0 bridgehead atoms. The van der Waals surface area contributed by atoms with Crippen molar-refractivity contribution in [1.82, 2.24) is 0 Å². The van der Waals surface area contributed by atoms with Crippen LogP contribution in [0.15, 0.2) is 23.0 Å². The van der Waals surface area contributed by atoms with Crippen molar-refractivity contribution >= 4 is 0 Å². The van der Waals surface area contributed by atoms with Gasteiger partial charge < -0.3 is 9.47 Å². The Hall–Kier alpha value is -0.760. The summed E-state index contributed by atoms with van der Waals surface area (Å²) < 4.78 is 10.8. The van der Waals surface area contributed by atoms with Crippen LogP contribution in [0, 0.1) is 0 Å². The summed E-state index contributed by atoms with van der Waals surface area (Å²) in [7, 11) is 0. The van der Waals surface area contributed by atoms with Gasteiger partial charge in [-0.3, -0.25) is 0 Å². The summed E-state index contributed by atoms with van der Waals surface area (Å²) in [6.45, 7) is 8.20. The van der Waals surface area contributed by atoms with Gasteiger partial charge >= 0.3 is 0 Å². The first-order valence-corrected chi connectivity index (χ1v) is 4.29. The van der Waals surface area contributed by atoms with Crippen LogP contribution in [0.25, 0.3) is 0 Å². The van der Waals surface area contributed by atoms with E-state index in [9.17, 15) is 0 Å². The van der Waals surface area contributed by atoms with E-state index in [0.29, 0.717) is 19.8 Å². The second-order valence-corrected chi connectivity index (χ2v) is 2.92. The summed E-state index contributed by atoms with van der Waals surface area (Å²) in [5.41, 5.74) is 2.47. The molecule has 0 atom stereocenters. The van der Waals surface area contributed by atoms with Crippen LogP contribution in [-0.2, 0) is 9.47 Å². The Labute approximate surface area is 73.9 Å². The van der Waals surface area contributed by atoms with Crippen LogP contribution in [0.3, 0.4) is 0 Å². The normalized spacial score (nSPS) is 23.4. The van der Waals surface area contributed by atoms with E-state index < -0.39 is 0 Å². The van der Waals surface area contributed by atoms with E-state index in [2.05, 4.69) is 19.9 Å². The molecule has 0 aromatic heterocycles. The average Bonchev–Trinajstić information content (AvgIpc) is 2.17. The maximum absolute atomic E-state index is 5.48. The van der Waals surface area contributed by atoms with Gasteiger partial charge in [0, 0.05) is 0 Å². The molecule has 68 valence electrons. The third-order valence-corrected chi connectivity index (χ3v) is 2.18. The highest BCUT2D eigenvalue weighted by molar-refractivity contribution is 5.29. The van der Waals surface area contributed by atoms with Crippen LogP contribution < -0.4 is 0 Å². The highest BCUT2D eigenvalue weighted by Crippen LogP contribution is 2.17. The molecule has 1 rings (SSSR count). The van der Waals surface area contributed by atoms with Crippen LogP contribution in [0.5, 0.6) is 0 Å². The number of ether oxygens (including phenoxy) is 2. The van der Waals surface area contributed by atoms with Crippen molar-refractivity contribution in [2.45, 2.75) is 20.8 Å². The summed E-state index contributed by atoms with van der Waals surface area (Å²) in [4.78, 5) is 0. The molecule has 1 heterocycles. The number of rotatable bonds is 1. The van der Waals surface area contributed by atoms with Crippen molar-refractivity contribution < 1.29 is 9.47 Å². The van der Waals surface area contributed by atoms with E-state index >= 15 is 0 Å². The van der Waals surface area contributed by atoms with Crippen molar-refractivity contribution in [3.63, 3.8) is 0 Å². The lowest BCUT2D eigenvalue weighted by molar-refractivity contribution is 0.0119. The van der Waals surface area contributed by atoms with Gasteiger partial charge in [0.05, 0.1) is 6.61 Å². The van der Waals surface area contributed by atoms with Gasteiger partial charge in [-0.1, -0.05) is 6.08 Å². The molecule has 1 aliphatic rings. The summed E-state index contributed by atoms with van der Waals surface area (Å²) >= 11 is 0. The van der Waals surface area contributed by atoms with Gasteiger partial charge in [-0.25, -0.2) is 0 Å². The zero-order chi connectivity index (χ0) is 8.97. The second kappa shape index (κ2) is 4.31. The summed E-state index contributed by atoms with van der Waals surface area (Å²) in [6, 6.07) is 0. The van der Waals surface area contributed by atoms with E-state index in [-0.39, 0.29) is 0 Å². The number of hydrogen-bond donors (Lipinski definition) is 0. The third-order valence-electron chi connectivity index (χ3n) is 2.18. The number of hydrogen-bond acceptors (Lipinski definition) is 2. The van der Waals surface area contributed by atoms with Crippen LogP contribution in [0.1, 0.15) is 20.8 Å². The van der Waals surface area contributed by atoms with E-state index in [0.717, 1.165) is 5.76 Å². The van der Waals surface area contributed by atoms with E-state index in [1.165, 1.54) is 11.1 Å². The molecule has 1 fully saturated rings. The summed E-state index contributed by atoms with van der Waals surface area (Å²) in [6.07, 6.45) is 2.08.